The monoisotopic (exact) mass is 269 g/mol. The number of unbranched alkanes of at least 4 members (excludes halogenated alkanes) is 1. The molecule has 0 N–H and O–H groups in total. The van der Waals surface area contributed by atoms with Crippen molar-refractivity contribution in [1.29, 1.82) is 0 Å². The second-order valence-electron chi connectivity index (χ2n) is 3.42. The average Bonchev–Trinajstić information content (AvgIpc) is 2.34. The zero-order valence-electron chi connectivity index (χ0n) is 9.54. The van der Waals surface area contributed by atoms with E-state index in [2.05, 4.69) is 0 Å². The number of hydrogen-bond acceptors (Lipinski definition) is 4. The van der Waals surface area contributed by atoms with Gasteiger partial charge in [-0.1, -0.05) is 23.7 Å². The van der Waals surface area contributed by atoms with Crippen molar-refractivity contribution in [2.75, 3.05) is 6.61 Å². The van der Waals surface area contributed by atoms with E-state index in [1.807, 2.05) is 0 Å². The van der Waals surface area contributed by atoms with E-state index in [-0.39, 0.29) is 0 Å². The fraction of sp³-hybridized carbons (Fsp3) is 0.250. The van der Waals surface area contributed by atoms with Crippen LogP contribution in [0, 0.1) is 10.1 Å². The van der Waals surface area contributed by atoms with Crippen LogP contribution in [0.25, 0.3) is 6.08 Å². The van der Waals surface area contributed by atoms with E-state index in [9.17, 15) is 14.9 Å². The van der Waals surface area contributed by atoms with E-state index in [0.29, 0.717) is 35.8 Å². The minimum Gasteiger partial charge on any atom is -0.491 e. The number of ether oxygens (including phenoxy) is 1. The predicted octanol–water partition coefficient (Wildman–Crippen LogP) is 2.95. The third-order valence-electron chi connectivity index (χ3n) is 2.09. The summed E-state index contributed by atoms with van der Waals surface area (Å²) in [5, 5.41) is 10.7. The lowest BCUT2D eigenvalue weighted by atomic mass is 10.2. The quantitative estimate of drug-likeness (QED) is 0.330. The standard InChI is InChI=1S/C12H12ClNO4/c13-11-5-3-4-10(6-7-14(16)17)12(11)18-9-2-1-8-15/h3-8H,1-2,9H2. The number of carbonyl (C=O) groups is 1. The molecule has 0 spiro atoms. The molecule has 0 heterocycles. The van der Waals surface area contributed by atoms with E-state index >= 15 is 0 Å². The molecule has 5 nitrogen and oxygen atoms in total. The highest BCUT2D eigenvalue weighted by Crippen LogP contribution is 2.29. The molecular weight excluding hydrogens is 258 g/mol. The summed E-state index contributed by atoms with van der Waals surface area (Å²) in [6.45, 7) is 0.335. The number of aldehydes is 1. The number of rotatable bonds is 7. The van der Waals surface area contributed by atoms with Gasteiger partial charge in [0.15, 0.2) is 0 Å². The number of para-hydroxylation sites is 1. The maximum Gasteiger partial charge on any atom is 0.235 e. The van der Waals surface area contributed by atoms with Crippen LogP contribution >= 0.6 is 11.6 Å². The molecule has 0 saturated carbocycles. The first-order valence-electron chi connectivity index (χ1n) is 5.32. The second-order valence-corrected chi connectivity index (χ2v) is 3.82. The van der Waals surface area contributed by atoms with Crippen molar-refractivity contribution in [2.45, 2.75) is 12.8 Å². The first-order valence-corrected chi connectivity index (χ1v) is 5.69. The van der Waals surface area contributed by atoms with Gasteiger partial charge in [0.2, 0.25) is 6.20 Å². The molecule has 0 aliphatic rings. The topological polar surface area (TPSA) is 69.4 Å². The highest BCUT2D eigenvalue weighted by molar-refractivity contribution is 6.32. The van der Waals surface area contributed by atoms with Crippen LogP contribution in [0.3, 0.4) is 0 Å². The third kappa shape index (κ3) is 4.55. The molecule has 0 aliphatic carbocycles. The van der Waals surface area contributed by atoms with E-state index < -0.39 is 4.92 Å². The van der Waals surface area contributed by atoms with E-state index in [1.54, 1.807) is 18.2 Å². The van der Waals surface area contributed by atoms with Crippen molar-refractivity contribution < 1.29 is 14.5 Å². The second kappa shape index (κ2) is 7.45. The molecule has 0 aromatic heterocycles. The number of benzene rings is 1. The molecule has 0 unspecified atom stereocenters. The summed E-state index contributed by atoms with van der Waals surface area (Å²) in [6.07, 6.45) is 3.94. The SMILES string of the molecule is O=CCCCOc1c(Cl)cccc1C=C[N+](=O)[O-]. The van der Waals surface area contributed by atoms with Crippen LogP contribution in [-0.2, 0) is 4.79 Å². The predicted molar refractivity (Wildman–Crippen MR) is 68.3 cm³/mol. The molecule has 0 radical (unpaired) electrons. The molecule has 0 amide bonds. The molecule has 0 saturated heterocycles. The molecular formula is C12H12ClNO4. The van der Waals surface area contributed by atoms with Gasteiger partial charge in [-0.3, -0.25) is 10.1 Å². The van der Waals surface area contributed by atoms with Gasteiger partial charge in [-0.25, -0.2) is 0 Å². The summed E-state index contributed by atoms with van der Waals surface area (Å²) in [5.41, 5.74) is 0.533. The van der Waals surface area contributed by atoms with Gasteiger partial charge in [0.1, 0.15) is 12.0 Å². The Bertz CT molecular complexity index is 459. The lowest BCUT2D eigenvalue weighted by Crippen LogP contribution is -2.00. The molecule has 1 rings (SSSR count). The van der Waals surface area contributed by atoms with Crippen LogP contribution < -0.4 is 4.74 Å². The van der Waals surface area contributed by atoms with Crippen molar-refractivity contribution in [1.82, 2.24) is 0 Å². The third-order valence-corrected chi connectivity index (χ3v) is 2.38. The van der Waals surface area contributed by atoms with Crippen LogP contribution in [0.1, 0.15) is 18.4 Å². The zero-order chi connectivity index (χ0) is 13.4. The lowest BCUT2D eigenvalue weighted by Gasteiger charge is -2.09. The Balaban J connectivity index is 2.80. The Morgan fingerprint density at radius 2 is 2.22 bits per heavy atom. The molecule has 0 bridgehead atoms. The van der Waals surface area contributed by atoms with Gasteiger partial charge in [0.05, 0.1) is 16.6 Å². The van der Waals surface area contributed by atoms with Crippen LogP contribution in [0.5, 0.6) is 5.75 Å². The van der Waals surface area contributed by atoms with Gasteiger partial charge in [-0.05, 0) is 12.5 Å². The Kier molecular flexibility index (Phi) is 5.87. The van der Waals surface area contributed by atoms with Gasteiger partial charge < -0.3 is 9.53 Å². The summed E-state index contributed by atoms with van der Waals surface area (Å²) in [4.78, 5) is 19.9. The molecule has 0 atom stereocenters. The molecule has 1 aromatic carbocycles. The van der Waals surface area contributed by atoms with Crippen LogP contribution in [0.2, 0.25) is 5.02 Å². The first-order chi connectivity index (χ1) is 8.65. The summed E-state index contributed by atoms with van der Waals surface area (Å²) < 4.78 is 5.44. The molecule has 6 heteroatoms. The van der Waals surface area contributed by atoms with Gasteiger partial charge >= 0.3 is 0 Å². The lowest BCUT2D eigenvalue weighted by molar-refractivity contribution is -0.400. The fourth-order valence-corrected chi connectivity index (χ4v) is 1.53. The minimum atomic E-state index is -0.558. The summed E-state index contributed by atoms with van der Waals surface area (Å²) in [6, 6.07) is 4.99. The van der Waals surface area contributed by atoms with Gasteiger partial charge in [0.25, 0.3) is 0 Å². The Morgan fingerprint density at radius 1 is 1.44 bits per heavy atom. The maximum absolute atomic E-state index is 10.3. The summed E-state index contributed by atoms with van der Waals surface area (Å²) >= 11 is 5.96. The number of nitrogens with zero attached hydrogens (tertiary/aromatic N) is 1. The molecule has 1 aromatic rings. The van der Waals surface area contributed by atoms with Crippen molar-refractivity contribution in [3.8, 4) is 5.75 Å². The Hall–Kier alpha value is -1.88. The van der Waals surface area contributed by atoms with E-state index in [1.165, 1.54) is 6.08 Å². The van der Waals surface area contributed by atoms with Crippen molar-refractivity contribution in [2.24, 2.45) is 0 Å². The number of carbonyl (C=O) groups excluding carboxylic acids is 1. The van der Waals surface area contributed by atoms with Crippen molar-refractivity contribution in [3.63, 3.8) is 0 Å². The van der Waals surface area contributed by atoms with Crippen molar-refractivity contribution in [3.05, 3.63) is 45.1 Å². The maximum atomic E-state index is 10.3. The first kappa shape index (κ1) is 14.2. The Labute approximate surface area is 109 Å². The van der Waals surface area contributed by atoms with Crippen molar-refractivity contribution >= 4 is 24.0 Å². The summed E-state index contributed by atoms with van der Waals surface area (Å²) in [5.74, 6) is 0.392. The normalized spacial score (nSPS) is 10.5. The number of nitro groups is 1. The van der Waals surface area contributed by atoms with Crippen LogP contribution in [0.4, 0.5) is 0 Å². The fourth-order valence-electron chi connectivity index (χ4n) is 1.29. The highest BCUT2D eigenvalue weighted by atomic mass is 35.5. The smallest absolute Gasteiger partial charge is 0.235 e. The summed E-state index contributed by atoms with van der Waals surface area (Å²) in [7, 11) is 0. The highest BCUT2D eigenvalue weighted by Gasteiger charge is 2.07. The molecule has 0 fully saturated rings. The van der Waals surface area contributed by atoms with Gasteiger partial charge in [0, 0.05) is 18.1 Å². The molecule has 96 valence electrons. The number of halogens is 1. The van der Waals surface area contributed by atoms with E-state index in [0.717, 1.165) is 12.5 Å². The Morgan fingerprint density at radius 3 is 2.89 bits per heavy atom. The van der Waals surface area contributed by atoms with Gasteiger partial charge in [-0.2, -0.15) is 0 Å². The molecule has 18 heavy (non-hydrogen) atoms. The molecule has 0 aliphatic heterocycles. The zero-order valence-corrected chi connectivity index (χ0v) is 10.3. The number of hydrogen-bond donors (Lipinski definition) is 0. The minimum absolute atomic E-state index is 0.335. The van der Waals surface area contributed by atoms with E-state index in [4.69, 9.17) is 16.3 Å². The average molecular weight is 270 g/mol. The van der Waals surface area contributed by atoms with Gasteiger partial charge in [-0.15, -0.1) is 0 Å². The largest absolute Gasteiger partial charge is 0.491 e. The van der Waals surface area contributed by atoms with Crippen LogP contribution in [-0.4, -0.2) is 17.8 Å². The van der Waals surface area contributed by atoms with Crippen LogP contribution in [0.15, 0.2) is 24.4 Å².